The predicted octanol–water partition coefficient (Wildman–Crippen LogP) is 2.94. The molecule has 0 spiro atoms. The van der Waals surface area contributed by atoms with Crippen molar-refractivity contribution in [1.82, 2.24) is 0 Å². The molecule has 0 fully saturated rings. The number of methoxy groups -OCH3 is 1. The second-order valence-corrected chi connectivity index (χ2v) is 4.12. The molecule has 1 aliphatic rings. The first-order valence-corrected chi connectivity index (χ1v) is 5.73. The van der Waals surface area contributed by atoms with Gasteiger partial charge in [-0.15, -0.1) is 0 Å². The highest BCUT2D eigenvalue weighted by Crippen LogP contribution is 2.37. The standard InChI is InChI=1S/C15H12O3/c1-17-10-6-7-15-13(8-10)11-4-2-3-5-12(11)14(16)9-18-15/h2-8H,9H2,1H3. The van der Waals surface area contributed by atoms with Crippen LogP contribution >= 0.6 is 0 Å². The lowest BCUT2D eigenvalue weighted by Crippen LogP contribution is -2.09. The fraction of sp³-hybridized carbons (Fsp3) is 0.133. The number of hydrogen-bond donors (Lipinski definition) is 0. The quantitative estimate of drug-likeness (QED) is 0.768. The number of Topliss-reactive ketones (excluding diaryl/α,β-unsaturated/α-hetero) is 1. The Bertz CT molecular complexity index is 617. The highest BCUT2D eigenvalue weighted by atomic mass is 16.5. The first-order chi connectivity index (χ1) is 8.79. The minimum Gasteiger partial charge on any atom is -0.497 e. The minimum atomic E-state index is 0.000710. The van der Waals surface area contributed by atoms with Crippen molar-refractivity contribution < 1.29 is 14.3 Å². The van der Waals surface area contributed by atoms with Crippen molar-refractivity contribution in [1.29, 1.82) is 0 Å². The zero-order chi connectivity index (χ0) is 12.5. The summed E-state index contributed by atoms with van der Waals surface area (Å²) in [6, 6.07) is 13.1. The van der Waals surface area contributed by atoms with Gasteiger partial charge in [0, 0.05) is 11.1 Å². The Morgan fingerprint density at radius 2 is 1.83 bits per heavy atom. The van der Waals surface area contributed by atoms with Crippen LogP contribution in [0, 0.1) is 0 Å². The maximum Gasteiger partial charge on any atom is 0.200 e. The molecule has 3 rings (SSSR count). The number of benzene rings is 2. The van der Waals surface area contributed by atoms with Gasteiger partial charge < -0.3 is 9.47 Å². The maximum absolute atomic E-state index is 12.0. The summed E-state index contributed by atoms with van der Waals surface area (Å²) < 4.78 is 10.8. The lowest BCUT2D eigenvalue weighted by Gasteiger charge is -2.09. The summed E-state index contributed by atoms with van der Waals surface area (Å²) in [4.78, 5) is 12.0. The molecule has 0 saturated carbocycles. The molecule has 0 amide bonds. The van der Waals surface area contributed by atoms with Gasteiger partial charge in [0.15, 0.2) is 6.61 Å². The van der Waals surface area contributed by atoms with Crippen LogP contribution in [0.25, 0.3) is 11.1 Å². The van der Waals surface area contributed by atoms with E-state index in [1.54, 1.807) is 7.11 Å². The zero-order valence-electron chi connectivity index (χ0n) is 9.97. The van der Waals surface area contributed by atoms with Gasteiger partial charge in [0.25, 0.3) is 0 Å². The lowest BCUT2D eigenvalue weighted by molar-refractivity contribution is 0.0926. The second-order valence-electron chi connectivity index (χ2n) is 4.12. The summed E-state index contributed by atoms with van der Waals surface area (Å²) in [5.41, 5.74) is 2.49. The highest BCUT2D eigenvalue weighted by molar-refractivity contribution is 6.05. The Morgan fingerprint density at radius 3 is 2.61 bits per heavy atom. The van der Waals surface area contributed by atoms with Gasteiger partial charge in [-0.05, 0) is 23.8 Å². The third-order valence-corrected chi connectivity index (χ3v) is 3.06. The summed E-state index contributed by atoms with van der Waals surface area (Å²) in [5.74, 6) is 1.47. The highest BCUT2D eigenvalue weighted by Gasteiger charge is 2.20. The topological polar surface area (TPSA) is 35.5 Å². The largest absolute Gasteiger partial charge is 0.497 e. The van der Waals surface area contributed by atoms with Crippen molar-refractivity contribution in [3.05, 3.63) is 48.0 Å². The van der Waals surface area contributed by atoms with E-state index in [2.05, 4.69) is 0 Å². The summed E-state index contributed by atoms with van der Waals surface area (Å²) in [6.07, 6.45) is 0. The molecule has 0 unspecified atom stereocenters. The smallest absolute Gasteiger partial charge is 0.200 e. The monoisotopic (exact) mass is 240 g/mol. The van der Waals surface area contributed by atoms with Crippen LogP contribution in [0.2, 0.25) is 0 Å². The van der Waals surface area contributed by atoms with Crippen molar-refractivity contribution >= 4 is 5.78 Å². The molecule has 2 aromatic rings. The Balaban J connectivity index is 2.27. The molecule has 1 heterocycles. The van der Waals surface area contributed by atoms with E-state index < -0.39 is 0 Å². The van der Waals surface area contributed by atoms with Crippen LogP contribution in [-0.4, -0.2) is 19.5 Å². The van der Waals surface area contributed by atoms with E-state index in [0.29, 0.717) is 11.3 Å². The van der Waals surface area contributed by atoms with Gasteiger partial charge in [0.2, 0.25) is 5.78 Å². The molecule has 0 aliphatic carbocycles. The molecule has 0 N–H and O–H groups in total. The molecule has 3 heteroatoms. The normalized spacial score (nSPS) is 13.1. The molecule has 3 nitrogen and oxygen atoms in total. The van der Waals surface area contributed by atoms with E-state index in [1.807, 2.05) is 42.5 Å². The van der Waals surface area contributed by atoms with E-state index in [4.69, 9.17) is 9.47 Å². The Hall–Kier alpha value is -2.29. The number of ketones is 1. The number of carbonyl (C=O) groups is 1. The molecule has 0 aromatic heterocycles. The Morgan fingerprint density at radius 1 is 1.06 bits per heavy atom. The van der Waals surface area contributed by atoms with Gasteiger partial charge in [-0.2, -0.15) is 0 Å². The van der Waals surface area contributed by atoms with Gasteiger partial charge in [0.1, 0.15) is 11.5 Å². The van der Waals surface area contributed by atoms with Gasteiger partial charge in [-0.3, -0.25) is 4.79 Å². The SMILES string of the molecule is COc1ccc2c(c1)-c1ccccc1C(=O)CO2. The summed E-state index contributed by atoms with van der Waals surface area (Å²) in [5, 5.41) is 0. The predicted molar refractivity (Wildman–Crippen MR) is 68.3 cm³/mol. The van der Waals surface area contributed by atoms with Crippen LogP contribution in [-0.2, 0) is 0 Å². The number of fused-ring (bicyclic) bond motifs is 3. The van der Waals surface area contributed by atoms with E-state index in [-0.39, 0.29) is 12.4 Å². The summed E-state index contributed by atoms with van der Waals surface area (Å²) >= 11 is 0. The molecule has 0 saturated heterocycles. The zero-order valence-corrected chi connectivity index (χ0v) is 9.97. The van der Waals surface area contributed by atoms with Crippen molar-refractivity contribution in [2.75, 3.05) is 13.7 Å². The third kappa shape index (κ3) is 1.64. The Kier molecular flexibility index (Phi) is 2.52. The molecule has 2 aromatic carbocycles. The van der Waals surface area contributed by atoms with Crippen LogP contribution in [0.4, 0.5) is 0 Å². The van der Waals surface area contributed by atoms with E-state index >= 15 is 0 Å². The lowest BCUT2D eigenvalue weighted by atomic mass is 9.97. The van der Waals surface area contributed by atoms with Crippen molar-refractivity contribution in [3.8, 4) is 22.6 Å². The van der Waals surface area contributed by atoms with Crippen LogP contribution in [0.1, 0.15) is 10.4 Å². The molecule has 0 atom stereocenters. The maximum atomic E-state index is 12.0. The van der Waals surface area contributed by atoms with Crippen LogP contribution in [0.5, 0.6) is 11.5 Å². The van der Waals surface area contributed by atoms with Gasteiger partial charge in [-0.1, -0.05) is 24.3 Å². The second kappa shape index (κ2) is 4.18. The van der Waals surface area contributed by atoms with E-state index in [9.17, 15) is 4.79 Å². The summed E-state index contributed by atoms with van der Waals surface area (Å²) in [7, 11) is 1.62. The van der Waals surface area contributed by atoms with Gasteiger partial charge >= 0.3 is 0 Å². The van der Waals surface area contributed by atoms with E-state index in [0.717, 1.165) is 16.9 Å². The van der Waals surface area contributed by atoms with Crippen molar-refractivity contribution in [3.63, 3.8) is 0 Å². The average Bonchev–Trinajstić information content (AvgIpc) is 2.57. The number of hydrogen-bond acceptors (Lipinski definition) is 3. The fourth-order valence-electron chi connectivity index (χ4n) is 2.15. The first-order valence-electron chi connectivity index (χ1n) is 5.73. The molecule has 1 aliphatic heterocycles. The first kappa shape index (κ1) is 10.8. The van der Waals surface area contributed by atoms with Crippen LogP contribution < -0.4 is 9.47 Å². The van der Waals surface area contributed by atoms with Crippen LogP contribution in [0.15, 0.2) is 42.5 Å². The molecule has 18 heavy (non-hydrogen) atoms. The van der Waals surface area contributed by atoms with Crippen molar-refractivity contribution in [2.45, 2.75) is 0 Å². The molecular weight excluding hydrogens is 228 g/mol. The van der Waals surface area contributed by atoms with E-state index in [1.165, 1.54) is 0 Å². The summed E-state index contributed by atoms with van der Waals surface area (Å²) in [6.45, 7) is 0.0797. The van der Waals surface area contributed by atoms with Gasteiger partial charge in [-0.25, -0.2) is 0 Å². The average molecular weight is 240 g/mol. The molecule has 90 valence electrons. The fourth-order valence-corrected chi connectivity index (χ4v) is 2.15. The molecule has 0 bridgehead atoms. The van der Waals surface area contributed by atoms with Gasteiger partial charge in [0.05, 0.1) is 7.11 Å². The minimum absolute atomic E-state index is 0.000710. The van der Waals surface area contributed by atoms with Crippen LogP contribution in [0.3, 0.4) is 0 Å². The molecular formula is C15H12O3. The Labute approximate surface area is 105 Å². The molecule has 0 radical (unpaired) electrons. The number of rotatable bonds is 1. The van der Waals surface area contributed by atoms with Crippen molar-refractivity contribution in [2.24, 2.45) is 0 Å². The number of carbonyl (C=O) groups excluding carboxylic acids is 1. The number of ether oxygens (including phenoxy) is 2. The third-order valence-electron chi connectivity index (χ3n) is 3.06.